The van der Waals surface area contributed by atoms with Crippen LogP contribution in [0.2, 0.25) is 0 Å². The zero-order valence-corrected chi connectivity index (χ0v) is 27.5. The quantitative estimate of drug-likeness (QED) is 0.186. The van der Waals surface area contributed by atoms with Gasteiger partial charge < -0.3 is 4.42 Å². The summed E-state index contributed by atoms with van der Waals surface area (Å²) in [5, 5.41) is 6.73. The van der Waals surface area contributed by atoms with Gasteiger partial charge in [-0.2, -0.15) is 0 Å². The second kappa shape index (κ2) is 11.9. The van der Waals surface area contributed by atoms with E-state index in [0.717, 1.165) is 66.3 Å². The van der Waals surface area contributed by atoms with Crippen LogP contribution < -0.4 is 0 Å². The molecule has 0 fully saturated rings. The van der Waals surface area contributed by atoms with Gasteiger partial charge in [0.05, 0.1) is 0 Å². The molecule has 51 heavy (non-hydrogen) atoms. The first-order chi connectivity index (χ1) is 25.3. The molecule has 10 aromatic rings. The van der Waals surface area contributed by atoms with Gasteiger partial charge >= 0.3 is 0 Å². The van der Waals surface area contributed by atoms with E-state index in [0.29, 0.717) is 17.5 Å². The predicted octanol–water partition coefficient (Wildman–Crippen LogP) is 12.4. The maximum atomic E-state index is 6.29. The molecule has 0 amide bonds. The van der Waals surface area contributed by atoms with Crippen molar-refractivity contribution < 1.29 is 4.42 Å². The number of para-hydroxylation sites is 1. The van der Waals surface area contributed by atoms with E-state index in [4.69, 9.17) is 19.4 Å². The van der Waals surface area contributed by atoms with E-state index in [9.17, 15) is 0 Å². The monoisotopic (exact) mass is 651 g/mol. The average molecular weight is 652 g/mol. The number of hydrogen-bond acceptors (Lipinski definition) is 4. The van der Waals surface area contributed by atoms with Crippen LogP contribution in [-0.4, -0.2) is 15.0 Å². The Balaban J connectivity index is 1.25. The third-order valence-electron chi connectivity index (χ3n) is 9.71. The molecule has 0 atom stereocenters. The first-order valence-electron chi connectivity index (χ1n) is 17.1. The lowest BCUT2D eigenvalue weighted by molar-refractivity contribution is 0.669. The summed E-state index contributed by atoms with van der Waals surface area (Å²) < 4.78 is 6.29. The molecule has 10 rings (SSSR count). The zero-order chi connectivity index (χ0) is 33.7. The van der Waals surface area contributed by atoms with Gasteiger partial charge in [-0.05, 0) is 74.1 Å². The maximum absolute atomic E-state index is 6.29. The van der Waals surface area contributed by atoms with E-state index in [2.05, 4.69) is 133 Å². The van der Waals surface area contributed by atoms with Crippen LogP contribution in [0.25, 0.3) is 99.9 Å². The highest BCUT2D eigenvalue weighted by Gasteiger charge is 2.20. The van der Waals surface area contributed by atoms with Crippen molar-refractivity contribution in [2.24, 2.45) is 0 Å². The van der Waals surface area contributed by atoms with E-state index in [1.807, 2.05) is 42.5 Å². The highest BCUT2D eigenvalue weighted by atomic mass is 16.3. The highest BCUT2D eigenvalue weighted by Crippen LogP contribution is 2.39. The van der Waals surface area contributed by atoms with Crippen LogP contribution in [-0.2, 0) is 0 Å². The van der Waals surface area contributed by atoms with Gasteiger partial charge in [-0.3, -0.25) is 0 Å². The normalized spacial score (nSPS) is 11.5. The zero-order valence-electron chi connectivity index (χ0n) is 27.5. The molecule has 2 heterocycles. The van der Waals surface area contributed by atoms with Gasteiger partial charge in [-0.1, -0.05) is 146 Å². The van der Waals surface area contributed by atoms with E-state index in [1.165, 1.54) is 16.2 Å². The Kier molecular flexibility index (Phi) is 6.78. The lowest BCUT2D eigenvalue weighted by Gasteiger charge is -2.14. The topological polar surface area (TPSA) is 51.8 Å². The summed E-state index contributed by atoms with van der Waals surface area (Å²) in [5.41, 5.74) is 8.82. The summed E-state index contributed by atoms with van der Waals surface area (Å²) in [7, 11) is 0. The van der Waals surface area contributed by atoms with Crippen molar-refractivity contribution in [3.05, 3.63) is 176 Å². The fourth-order valence-corrected chi connectivity index (χ4v) is 7.29. The molecule has 0 N–H and O–H groups in total. The summed E-state index contributed by atoms with van der Waals surface area (Å²) in [6.07, 6.45) is 0. The molecule has 0 aliphatic rings. The van der Waals surface area contributed by atoms with Crippen LogP contribution in [0.3, 0.4) is 0 Å². The second-order valence-corrected chi connectivity index (χ2v) is 12.8. The Bertz CT molecular complexity index is 2930. The van der Waals surface area contributed by atoms with Crippen molar-refractivity contribution in [2.75, 3.05) is 0 Å². The number of aromatic nitrogens is 3. The van der Waals surface area contributed by atoms with Gasteiger partial charge in [-0.25, -0.2) is 15.0 Å². The third kappa shape index (κ3) is 5.04. The molecule has 2 aromatic heterocycles. The summed E-state index contributed by atoms with van der Waals surface area (Å²) in [6, 6.07) is 61.1. The molecule has 4 heteroatoms. The van der Waals surface area contributed by atoms with Gasteiger partial charge in [0.1, 0.15) is 11.2 Å². The van der Waals surface area contributed by atoms with Crippen molar-refractivity contribution in [3.8, 4) is 56.4 Å². The predicted molar refractivity (Wildman–Crippen MR) is 209 cm³/mol. The van der Waals surface area contributed by atoms with Crippen molar-refractivity contribution in [1.29, 1.82) is 0 Å². The largest absolute Gasteiger partial charge is 0.456 e. The molecule has 238 valence electrons. The first-order valence-corrected chi connectivity index (χ1v) is 17.1. The third-order valence-corrected chi connectivity index (χ3v) is 9.71. The molecule has 0 saturated carbocycles. The number of fused-ring (bicyclic) bond motifs is 5. The number of nitrogens with zero attached hydrogens (tertiary/aromatic N) is 3. The van der Waals surface area contributed by atoms with Crippen molar-refractivity contribution in [2.45, 2.75) is 0 Å². The molecule has 0 saturated heterocycles. The van der Waals surface area contributed by atoms with E-state index in [-0.39, 0.29) is 0 Å². The molecule has 0 spiro atoms. The lowest BCUT2D eigenvalue weighted by Crippen LogP contribution is -2.01. The van der Waals surface area contributed by atoms with Gasteiger partial charge in [-0.15, -0.1) is 0 Å². The molecule has 0 radical (unpaired) electrons. The van der Waals surface area contributed by atoms with Gasteiger partial charge in [0.15, 0.2) is 17.5 Å². The second-order valence-electron chi connectivity index (χ2n) is 12.8. The lowest BCUT2D eigenvalue weighted by atomic mass is 9.94. The number of hydrogen-bond donors (Lipinski definition) is 0. The van der Waals surface area contributed by atoms with Gasteiger partial charge in [0, 0.05) is 27.5 Å². The Morgan fingerprint density at radius 2 is 0.922 bits per heavy atom. The molecular formula is C47H29N3O. The molecule has 4 nitrogen and oxygen atoms in total. The van der Waals surface area contributed by atoms with E-state index < -0.39 is 0 Å². The van der Waals surface area contributed by atoms with Crippen LogP contribution in [0.1, 0.15) is 0 Å². The molecule has 0 aliphatic carbocycles. The fraction of sp³-hybridized carbons (Fsp3) is 0. The Morgan fingerprint density at radius 3 is 1.78 bits per heavy atom. The van der Waals surface area contributed by atoms with Gasteiger partial charge in [0.2, 0.25) is 0 Å². The smallest absolute Gasteiger partial charge is 0.164 e. The maximum Gasteiger partial charge on any atom is 0.164 e. The van der Waals surface area contributed by atoms with Crippen LogP contribution in [0, 0.1) is 0 Å². The standard InChI is InChI=1S/C47H29N3O/c1-2-14-31(15-3-1)36-18-8-9-20-38(36)46-48-45(49-47(50-46)40-22-12-24-43-44(40)39-21-10-11-23-42(39)51-43)35-28-33-17-6-7-19-37(33)41(29-35)34-26-25-30-13-4-5-16-32(30)27-34/h1-29H. The molecule has 8 aromatic carbocycles. The molecular weight excluding hydrogens is 623 g/mol. The van der Waals surface area contributed by atoms with Gasteiger partial charge in [0.25, 0.3) is 0 Å². The summed E-state index contributed by atoms with van der Waals surface area (Å²) in [6.45, 7) is 0. The Labute approximate surface area is 294 Å². The molecule has 0 bridgehead atoms. The van der Waals surface area contributed by atoms with Crippen molar-refractivity contribution in [1.82, 2.24) is 15.0 Å². The molecule has 0 aliphatic heterocycles. The van der Waals surface area contributed by atoms with Crippen LogP contribution in [0.15, 0.2) is 180 Å². The summed E-state index contributed by atoms with van der Waals surface area (Å²) >= 11 is 0. The number of rotatable bonds is 5. The van der Waals surface area contributed by atoms with Crippen molar-refractivity contribution in [3.63, 3.8) is 0 Å². The SMILES string of the molecule is c1ccc(-c2ccccc2-c2nc(-c3cc(-c4ccc5ccccc5c4)c4ccccc4c3)nc(-c3cccc4oc5ccccc5c34)n2)cc1. The highest BCUT2D eigenvalue weighted by molar-refractivity contribution is 6.12. The van der Waals surface area contributed by atoms with Crippen LogP contribution >= 0.6 is 0 Å². The minimum absolute atomic E-state index is 0.593. The summed E-state index contributed by atoms with van der Waals surface area (Å²) in [5.74, 6) is 1.81. The Hall–Kier alpha value is -6.91. The first kappa shape index (κ1) is 29.0. The van der Waals surface area contributed by atoms with E-state index >= 15 is 0 Å². The van der Waals surface area contributed by atoms with Crippen molar-refractivity contribution >= 4 is 43.5 Å². The average Bonchev–Trinajstić information content (AvgIpc) is 3.59. The van der Waals surface area contributed by atoms with E-state index in [1.54, 1.807) is 0 Å². The fourth-order valence-electron chi connectivity index (χ4n) is 7.29. The Morgan fingerprint density at radius 1 is 0.314 bits per heavy atom. The van der Waals surface area contributed by atoms with Crippen LogP contribution in [0.5, 0.6) is 0 Å². The summed E-state index contributed by atoms with van der Waals surface area (Å²) in [4.78, 5) is 15.8. The van der Waals surface area contributed by atoms with Crippen LogP contribution in [0.4, 0.5) is 0 Å². The molecule has 0 unspecified atom stereocenters. The number of furan rings is 1. The minimum Gasteiger partial charge on any atom is -0.456 e. The number of benzene rings is 8. The minimum atomic E-state index is 0.593.